The first-order valence-electron chi connectivity index (χ1n) is 5.18. The van der Waals surface area contributed by atoms with Gasteiger partial charge in [-0.1, -0.05) is 12.1 Å². The molecule has 14 heavy (non-hydrogen) atoms. The second-order valence-electron chi connectivity index (χ2n) is 4.06. The maximum absolute atomic E-state index is 3.06. The molecule has 0 aliphatic carbocycles. The molecule has 1 fully saturated rings. The van der Waals surface area contributed by atoms with Crippen molar-refractivity contribution in [3.8, 4) is 0 Å². The molecule has 0 spiro atoms. The van der Waals surface area contributed by atoms with Gasteiger partial charge in [0.05, 0.1) is 0 Å². The SMILES string of the molecule is CC1CN(C)CCN1c1cc[c]cc1. The third kappa shape index (κ3) is 1.90. The van der Waals surface area contributed by atoms with Crippen molar-refractivity contribution in [2.45, 2.75) is 13.0 Å². The van der Waals surface area contributed by atoms with Gasteiger partial charge in [-0.15, -0.1) is 0 Å². The van der Waals surface area contributed by atoms with Gasteiger partial charge in [-0.05, 0) is 32.2 Å². The van der Waals surface area contributed by atoms with Crippen LogP contribution in [0.25, 0.3) is 0 Å². The predicted molar refractivity (Wildman–Crippen MR) is 59.6 cm³/mol. The van der Waals surface area contributed by atoms with E-state index >= 15 is 0 Å². The van der Waals surface area contributed by atoms with Crippen LogP contribution in [0.2, 0.25) is 0 Å². The zero-order chi connectivity index (χ0) is 9.97. The van der Waals surface area contributed by atoms with Gasteiger partial charge in [0.1, 0.15) is 0 Å². The summed E-state index contributed by atoms with van der Waals surface area (Å²) in [5.41, 5.74) is 1.32. The van der Waals surface area contributed by atoms with Crippen LogP contribution in [0.3, 0.4) is 0 Å². The van der Waals surface area contributed by atoms with E-state index in [0.29, 0.717) is 6.04 Å². The summed E-state index contributed by atoms with van der Waals surface area (Å²) in [6.07, 6.45) is 0. The van der Waals surface area contributed by atoms with Crippen LogP contribution in [0.5, 0.6) is 0 Å². The molecule has 1 atom stereocenters. The molecule has 0 bridgehead atoms. The lowest BCUT2D eigenvalue weighted by Gasteiger charge is -2.39. The number of hydrogen-bond acceptors (Lipinski definition) is 2. The Kier molecular flexibility index (Phi) is 2.73. The van der Waals surface area contributed by atoms with E-state index in [0.717, 1.165) is 19.6 Å². The quantitative estimate of drug-likeness (QED) is 0.662. The molecular weight excluding hydrogens is 172 g/mol. The molecule has 1 heterocycles. The monoisotopic (exact) mass is 189 g/mol. The Morgan fingerprint density at radius 1 is 1.29 bits per heavy atom. The summed E-state index contributed by atoms with van der Waals surface area (Å²) in [5.74, 6) is 0. The van der Waals surface area contributed by atoms with Crippen molar-refractivity contribution >= 4 is 5.69 Å². The Balaban J connectivity index is 2.12. The molecule has 0 saturated carbocycles. The summed E-state index contributed by atoms with van der Waals surface area (Å²) < 4.78 is 0. The molecule has 2 heteroatoms. The second kappa shape index (κ2) is 4.01. The van der Waals surface area contributed by atoms with Crippen LogP contribution in [-0.2, 0) is 0 Å². The van der Waals surface area contributed by atoms with Gasteiger partial charge in [0.2, 0.25) is 0 Å². The Hall–Kier alpha value is -1.02. The maximum Gasteiger partial charge on any atom is 0.0389 e. The fraction of sp³-hybridized carbons (Fsp3) is 0.500. The topological polar surface area (TPSA) is 6.48 Å². The third-order valence-electron chi connectivity index (χ3n) is 2.86. The number of rotatable bonds is 1. The zero-order valence-electron chi connectivity index (χ0n) is 8.90. The summed E-state index contributed by atoms with van der Waals surface area (Å²) in [5, 5.41) is 0. The average Bonchev–Trinajstić information content (AvgIpc) is 2.19. The highest BCUT2D eigenvalue weighted by Gasteiger charge is 2.20. The molecule has 1 aromatic rings. The first-order chi connectivity index (χ1) is 6.77. The van der Waals surface area contributed by atoms with E-state index in [9.17, 15) is 0 Å². The van der Waals surface area contributed by atoms with Crippen molar-refractivity contribution in [1.82, 2.24) is 4.90 Å². The van der Waals surface area contributed by atoms with Gasteiger partial charge in [0, 0.05) is 31.4 Å². The molecule has 2 rings (SSSR count). The number of nitrogens with zero attached hydrogens (tertiary/aromatic N) is 2. The van der Waals surface area contributed by atoms with Gasteiger partial charge in [-0.2, -0.15) is 0 Å². The van der Waals surface area contributed by atoms with Crippen molar-refractivity contribution in [3.63, 3.8) is 0 Å². The summed E-state index contributed by atoms with van der Waals surface area (Å²) in [7, 11) is 2.19. The van der Waals surface area contributed by atoms with Gasteiger partial charge in [-0.25, -0.2) is 0 Å². The van der Waals surface area contributed by atoms with E-state index < -0.39 is 0 Å². The van der Waals surface area contributed by atoms with Gasteiger partial charge in [0.15, 0.2) is 0 Å². The Labute approximate surface area is 86.1 Å². The molecule has 1 aromatic carbocycles. The highest BCUT2D eigenvalue weighted by atomic mass is 15.3. The average molecular weight is 189 g/mol. The van der Waals surface area contributed by atoms with Crippen molar-refractivity contribution in [2.75, 3.05) is 31.6 Å². The number of anilines is 1. The molecule has 1 saturated heterocycles. The minimum absolute atomic E-state index is 0.608. The number of likely N-dealkylation sites (N-methyl/N-ethyl adjacent to an activating group) is 1. The van der Waals surface area contributed by atoms with Gasteiger partial charge in [0.25, 0.3) is 0 Å². The summed E-state index contributed by atoms with van der Waals surface area (Å²) >= 11 is 0. The van der Waals surface area contributed by atoms with Crippen LogP contribution in [0.15, 0.2) is 24.3 Å². The van der Waals surface area contributed by atoms with Gasteiger partial charge < -0.3 is 9.80 Å². The van der Waals surface area contributed by atoms with Crippen LogP contribution in [-0.4, -0.2) is 37.6 Å². The lowest BCUT2D eigenvalue weighted by atomic mass is 10.1. The highest BCUT2D eigenvalue weighted by molar-refractivity contribution is 5.47. The molecule has 1 aliphatic rings. The normalized spacial score (nSPS) is 23.9. The predicted octanol–water partition coefficient (Wildman–Crippen LogP) is 1.63. The molecule has 1 unspecified atom stereocenters. The smallest absolute Gasteiger partial charge is 0.0389 e. The molecule has 0 N–H and O–H groups in total. The van der Waals surface area contributed by atoms with Crippen LogP contribution < -0.4 is 4.90 Å². The number of piperazine rings is 1. The molecule has 75 valence electrons. The van der Waals surface area contributed by atoms with E-state index in [2.05, 4.69) is 42.0 Å². The minimum Gasteiger partial charge on any atom is -0.366 e. The Bertz CT molecular complexity index is 284. The van der Waals surface area contributed by atoms with E-state index in [-0.39, 0.29) is 0 Å². The molecule has 1 aliphatic heterocycles. The lowest BCUT2D eigenvalue weighted by molar-refractivity contribution is 0.275. The summed E-state index contributed by atoms with van der Waals surface area (Å²) in [4.78, 5) is 4.85. The molecule has 0 amide bonds. The van der Waals surface area contributed by atoms with E-state index in [1.807, 2.05) is 12.1 Å². The summed E-state index contributed by atoms with van der Waals surface area (Å²) in [6, 6.07) is 11.9. The van der Waals surface area contributed by atoms with E-state index in [4.69, 9.17) is 0 Å². The largest absolute Gasteiger partial charge is 0.366 e. The second-order valence-corrected chi connectivity index (χ2v) is 4.06. The standard InChI is InChI=1S/C12H17N2/c1-11-10-13(2)8-9-14(11)12-6-4-3-5-7-12/h4-7,11H,8-10H2,1-2H3. The van der Waals surface area contributed by atoms with E-state index in [1.54, 1.807) is 0 Å². The van der Waals surface area contributed by atoms with Crippen molar-refractivity contribution in [1.29, 1.82) is 0 Å². The van der Waals surface area contributed by atoms with E-state index in [1.165, 1.54) is 5.69 Å². The third-order valence-corrected chi connectivity index (χ3v) is 2.86. The molecule has 2 nitrogen and oxygen atoms in total. The fourth-order valence-corrected chi connectivity index (χ4v) is 2.09. The molecular formula is C12H17N2. The van der Waals surface area contributed by atoms with Crippen molar-refractivity contribution in [2.24, 2.45) is 0 Å². The minimum atomic E-state index is 0.608. The number of benzene rings is 1. The van der Waals surface area contributed by atoms with Crippen LogP contribution >= 0.6 is 0 Å². The molecule has 0 aromatic heterocycles. The van der Waals surface area contributed by atoms with Crippen LogP contribution in [0.4, 0.5) is 5.69 Å². The number of hydrogen-bond donors (Lipinski definition) is 0. The Morgan fingerprint density at radius 3 is 2.64 bits per heavy atom. The maximum atomic E-state index is 3.06. The van der Waals surface area contributed by atoms with Gasteiger partial charge >= 0.3 is 0 Å². The van der Waals surface area contributed by atoms with Crippen molar-refractivity contribution in [3.05, 3.63) is 30.3 Å². The van der Waals surface area contributed by atoms with Crippen LogP contribution in [0.1, 0.15) is 6.92 Å². The highest BCUT2D eigenvalue weighted by Crippen LogP contribution is 2.18. The molecule has 1 radical (unpaired) electrons. The first kappa shape index (κ1) is 9.53. The summed E-state index contributed by atoms with van der Waals surface area (Å²) in [6.45, 7) is 5.72. The van der Waals surface area contributed by atoms with Crippen molar-refractivity contribution < 1.29 is 0 Å². The fourth-order valence-electron chi connectivity index (χ4n) is 2.09. The van der Waals surface area contributed by atoms with Gasteiger partial charge in [-0.3, -0.25) is 0 Å². The first-order valence-corrected chi connectivity index (χ1v) is 5.18. The Morgan fingerprint density at radius 2 is 2.00 bits per heavy atom. The zero-order valence-corrected chi connectivity index (χ0v) is 8.90. The van der Waals surface area contributed by atoms with Crippen LogP contribution in [0, 0.1) is 6.07 Å². The lowest BCUT2D eigenvalue weighted by Crippen LogP contribution is -2.50.